The quantitative estimate of drug-likeness (QED) is 0.535. The van der Waals surface area contributed by atoms with Crippen molar-refractivity contribution in [3.63, 3.8) is 0 Å². The largest absolute Gasteiger partial charge is 0.478 e. The second-order valence-electron chi connectivity index (χ2n) is 6.40. The van der Waals surface area contributed by atoms with Gasteiger partial charge >= 0.3 is 6.18 Å². The van der Waals surface area contributed by atoms with E-state index in [0.717, 1.165) is 12.1 Å². The summed E-state index contributed by atoms with van der Waals surface area (Å²) >= 11 is 5.98. The Kier molecular flexibility index (Phi) is 6.82. The molecule has 1 N–H and O–H groups in total. The summed E-state index contributed by atoms with van der Waals surface area (Å²) in [5, 5.41) is 11.8. The van der Waals surface area contributed by atoms with Crippen molar-refractivity contribution in [2.24, 2.45) is 0 Å². The zero-order valence-electron chi connectivity index (χ0n) is 16.0. The maximum atomic E-state index is 13.2. The van der Waals surface area contributed by atoms with Crippen LogP contribution in [0.1, 0.15) is 27.9 Å². The average Bonchev–Trinajstić information content (AvgIpc) is 3.28. The number of nitrogens with zero attached hydrogens (tertiary/aromatic N) is 3. The molecule has 0 fully saturated rings. The molecule has 0 spiro atoms. The smallest absolute Gasteiger partial charge is 0.416 e. The third-order valence-electron chi connectivity index (χ3n) is 4.18. The minimum absolute atomic E-state index is 0.0334. The number of nitriles is 1. The highest BCUT2D eigenvalue weighted by atomic mass is 35.5. The van der Waals surface area contributed by atoms with Gasteiger partial charge in [-0.1, -0.05) is 11.6 Å². The molecule has 0 aliphatic carbocycles. The number of alkyl halides is 3. The number of benzene rings is 1. The molecule has 0 saturated heterocycles. The van der Waals surface area contributed by atoms with Crippen LogP contribution in [0.2, 0.25) is 5.02 Å². The molecule has 0 aliphatic rings. The van der Waals surface area contributed by atoms with E-state index in [2.05, 4.69) is 10.3 Å². The van der Waals surface area contributed by atoms with E-state index in [1.54, 1.807) is 24.5 Å². The zero-order chi connectivity index (χ0) is 22.4. The third kappa shape index (κ3) is 5.77. The Hall–Kier alpha value is -3.51. The SMILES string of the molecule is N#Cc1ccc(Cl)c(C(=O)NCCCOc2cc(C(F)(F)F)cc(-n3cccc3)n2)c1. The summed E-state index contributed by atoms with van der Waals surface area (Å²) in [6.07, 6.45) is -1.07. The van der Waals surface area contributed by atoms with E-state index in [4.69, 9.17) is 21.6 Å². The molecule has 31 heavy (non-hydrogen) atoms. The lowest BCUT2D eigenvalue weighted by Crippen LogP contribution is -2.26. The molecule has 6 nitrogen and oxygen atoms in total. The molecule has 3 rings (SSSR count). The van der Waals surface area contributed by atoms with E-state index in [1.807, 2.05) is 6.07 Å². The second-order valence-corrected chi connectivity index (χ2v) is 6.81. The lowest BCUT2D eigenvalue weighted by Gasteiger charge is -2.13. The van der Waals surface area contributed by atoms with Crippen LogP contribution in [0.3, 0.4) is 0 Å². The fraction of sp³-hybridized carbons (Fsp3) is 0.190. The molecule has 160 valence electrons. The van der Waals surface area contributed by atoms with Crippen molar-refractivity contribution in [2.45, 2.75) is 12.6 Å². The maximum Gasteiger partial charge on any atom is 0.416 e. The van der Waals surface area contributed by atoms with Crippen LogP contribution >= 0.6 is 11.6 Å². The summed E-state index contributed by atoms with van der Waals surface area (Å²) in [6, 6.07) is 11.4. The highest BCUT2D eigenvalue weighted by Gasteiger charge is 2.32. The van der Waals surface area contributed by atoms with E-state index in [-0.39, 0.29) is 35.4 Å². The van der Waals surface area contributed by atoms with Crippen molar-refractivity contribution in [1.82, 2.24) is 14.9 Å². The molecule has 0 aliphatic heterocycles. The number of amides is 1. The first-order valence-corrected chi connectivity index (χ1v) is 9.49. The Balaban J connectivity index is 1.59. The van der Waals surface area contributed by atoms with Crippen LogP contribution in [0, 0.1) is 11.3 Å². The maximum absolute atomic E-state index is 13.2. The van der Waals surface area contributed by atoms with Crippen molar-refractivity contribution >= 4 is 17.5 Å². The number of nitrogens with one attached hydrogen (secondary N) is 1. The number of carbonyl (C=O) groups is 1. The Labute approximate surface area is 180 Å². The number of pyridine rings is 1. The minimum atomic E-state index is -4.55. The van der Waals surface area contributed by atoms with Crippen LogP contribution in [0.15, 0.2) is 54.9 Å². The fourth-order valence-electron chi connectivity index (χ4n) is 2.66. The normalized spacial score (nSPS) is 11.1. The molecule has 0 atom stereocenters. The summed E-state index contributed by atoms with van der Waals surface area (Å²) in [5.41, 5.74) is -0.411. The summed E-state index contributed by atoms with van der Waals surface area (Å²) < 4.78 is 46.4. The van der Waals surface area contributed by atoms with Gasteiger partial charge in [-0.15, -0.1) is 0 Å². The van der Waals surface area contributed by atoms with E-state index in [1.165, 1.54) is 22.8 Å². The molecule has 1 aromatic carbocycles. The Bertz CT molecular complexity index is 1110. The van der Waals surface area contributed by atoms with Crippen molar-refractivity contribution in [2.75, 3.05) is 13.2 Å². The van der Waals surface area contributed by atoms with Gasteiger partial charge in [-0.05, 0) is 42.8 Å². The number of hydrogen-bond acceptors (Lipinski definition) is 4. The lowest BCUT2D eigenvalue weighted by molar-refractivity contribution is -0.137. The van der Waals surface area contributed by atoms with Gasteiger partial charge in [0.2, 0.25) is 5.88 Å². The first-order valence-electron chi connectivity index (χ1n) is 9.11. The fourth-order valence-corrected chi connectivity index (χ4v) is 2.87. The van der Waals surface area contributed by atoms with Crippen LogP contribution in [0.25, 0.3) is 5.82 Å². The van der Waals surface area contributed by atoms with Crippen molar-refractivity contribution in [3.8, 4) is 17.8 Å². The molecule has 0 radical (unpaired) electrons. The molecule has 2 aromatic heterocycles. The number of rotatable bonds is 7. The number of halogens is 4. The first-order chi connectivity index (χ1) is 14.8. The number of carbonyl (C=O) groups excluding carboxylic acids is 1. The Morgan fingerprint density at radius 1 is 1.23 bits per heavy atom. The number of hydrogen-bond donors (Lipinski definition) is 1. The Morgan fingerprint density at radius 3 is 2.65 bits per heavy atom. The monoisotopic (exact) mass is 448 g/mol. The van der Waals surface area contributed by atoms with Crippen LogP contribution in [0.4, 0.5) is 13.2 Å². The summed E-state index contributed by atoms with van der Waals surface area (Å²) in [7, 11) is 0. The van der Waals surface area contributed by atoms with E-state index in [0.29, 0.717) is 12.0 Å². The molecule has 1 amide bonds. The van der Waals surface area contributed by atoms with Gasteiger partial charge in [0.15, 0.2) is 0 Å². The van der Waals surface area contributed by atoms with Gasteiger partial charge in [0.25, 0.3) is 5.91 Å². The average molecular weight is 449 g/mol. The highest BCUT2D eigenvalue weighted by molar-refractivity contribution is 6.33. The van der Waals surface area contributed by atoms with Gasteiger partial charge in [0.1, 0.15) is 5.82 Å². The Morgan fingerprint density at radius 2 is 1.97 bits per heavy atom. The van der Waals surface area contributed by atoms with Crippen molar-refractivity contribution < 1.29 is 22.7 Å². The van der Waals surface area contributed by atoms with Gasteiger partial charge in [0.05, 0.1) is 34.4 Å². The molecule has 0 unspecified atom stereocenters. The second kappa shape index (κ2) is 9.53. The summed E-state index contributed by atoms with van der Waals surface area (Å²) in [6.45, 7) is 0.223. The van der Waals surface area contributed by atoms with Gasteiger partial charge in [-0.2, -0.15) is 23.4 Å². The van der Waals surface area contributed by atoms with E-state index >= 15 is 0 Å². The van der Waals surface area contributed by atoms with Gasteiger partial charge < -0.3 is 14.6 Å². The zero-order valence-corrected chi connectivity index (χ0v) is 16.7. The molecule has 2 heterocycles. The molecule has 0 saturated carbocycles. The number of ether oxygens (including phenoxy) is 1. The summed E-state index contributed by atoms with van der Waals surface area (Å²) in [5.74, 6) is -0.557. The van der Waals surface area contributed by atoms with Crippen molar-refractivity contribution in [1.29, 1.82) is 5.26 Å². The number of aromatic nitrogens is 2. The van der Waals surface area contributed by atoms with Gasteiger partial charge in [-0.25, -0.2) is 0 Å². The van der Waals surface area contributed by atoms with Crippen LogP contribution in [0.5, 0.6) is 5.88 Å². The summed E-state index contributed by atoms with van der Waals surface area (Å²) in [4.78, 5) is 16.3. The third-order valence-corrected chi connectivity index (χ3v) is 4.51. The topological polar surface area (TPSA) is 79.9 Å². The van der Waals surface area contributed by atoms with Crippen molar-refractivity contribution in [3.05, 3.63) is 76.6 Å². The van der Waals surface area contributed by atoms with Gasteiger partial charge in [0, 0.05) is 25.0 Å². The molecular formula is C21H16ClF3N4O2. The molecule has 0 bridgehead atoms. The molecule has 3 aromatic rings. The van der Waals surface area contributed by atoms with E-state index in [9.17, 15) is 18.0 Å². The van der Waals surface area contributed by atoms with Gasteiger partial charge in [-0.3, -0.25) is 4.79 Å². The van der Waals surface area contributed by atoms with Crippen LogP contribution in [-0.4, -0.2) is 28.6 Å². The van der Waals surface area contributed by atoms with Crippen LogP contribution in [-0.2, 0) is 6.18 Å². The minimum Gasteiger partial charge on any atom is -0.478 e. The highest BCUT2D eigenvalue weighted by Crippen LogP contribution is 2.32. The van der Waals surface area contributed by atoms with E-state index < -0.39 is 17.6 Å². The first kappa shape index (κ1) is 22.2. The predicted octanol–water partition coefficient (Wildman–Crippen LogP) is 4.62. The lowest BCUT2D eigenvalue weighted by atomic mass is 10.1. The molecular weight excluding hydrogens is 433 g/mol. The van der Waals surface area contributed by atoms with Crippen LogP contribution < -0.4 is 10.1 Å². The molecule has 10 heteroatoms. The standard InChI is InChI=1S/C21H16ClF3N4O2/c22-17-5-4-14(13-26)10-16(17)20(30)27-6-3-9-31-19-12-15(21(23,24)25)11-18(28-19)29-7-1-2-8-29/h1-2,4-5,7-8,10-12H,3,6,9H2,(H,27,30). The predicted molar refractivity (Wildman–Crippen MR) is 107 cm³/mol.